The summed E-state index contributed by atoms with van der Waals surface area (Å²) in [6.45, 7) is 11.8. The predicted molar refractivity (Wildman–Crippen MR) is 85.6 cm³/mol. The Labute approximate surface area is 127 Å². The summed E-state index contributed by atoms with van der Waals surface area (Å²) in [7, 11) is 0. The highest BCUT2D eigenvalue weighted by Crippen LogP contribution is 2.25. The first kappa shape index (κ1) is 16.4. The van der Waals surface area contributed by atoms with Crippen LogP contribution >= 0.6 is 0 Å². The number of nitrogens with zero attached hydrogens (tertiary/aromatic N) is 2. The Hall–Kier alpha value is -0.970. The van der Waals surface area contributed by atoms with E-state index >= 15 is 0 Å². The molecule has 0 amide bonds. The molecule has 0 saturated carbocycles. The smallest absolute Gasteiger partial charge is 0.123 e. The molecule has 3 nitrogen and oxygen atoms in total. The molecule has 0 spiro atoms. The molecule has 0 aliphatic carbocycles. The summed E-state index contributed by atoms with van der Waals surface area (Å²) in [5.41, 5.74) is 7.18. The van der Waals surface area contributed by atoms with Crippen molar-refractivity contribution in [3.8, 4) is 0 Å². The third-order valence-electron chi connectivity index (χ3n) is 4.11. The van der Waals surface area contributed by atoms with Crippen LogP contribution in [0.5, 0.6) is 0 Å². The van der Waals surface area contributed by atoms with Crippen molar-refractivity contribution >= 4 is 0 Å². The van der Waals surface area contributed by atoms with Crippen LogP contribution in [0.4, 0.5) is 4.39 Å². The second-order valence-electron chi connectivity index (χ2n) is 6.59. The molecule has 1 heterocycles. The quantitative estimate of drug-likeness (QED) is 0.905. The van der Waals surface area contributed by atoms with E-state index in [-0.39, 0.29) is 17.9 Å². The van der Waals surface area contributed by atoms with Crippen LogP contribution in [0.2, 0.25) is 0 Å². The van der Waals surface area contributed by atoms with E-state index in [0.29, 0.717) is 5.92 Å². The standard InChI is InChI=1S/C17H28FN3/c1-13(2)12-20-7-9-21(10-8-20)17(14(3)19)15-5-4-6-16(18)11-15/h4-6,11,13-14,17H,7-10,12,19H2,1-3H3. The Bertz CT molecular complexity index is 439. The Morgan fingerprint density at radius 3 is 2.33 bits per heavy atom. The van der Waals surface area contributed by atoms with Gasteiger partial charge >= 0.3 is 0 Å². The first-order valence-corrected chi connectivity index (χ1v) is 7.95. The molecule has 1 aliphatic heterocycles. The van der Waals surface area contributed by atoms with Gasteiger partial charge in [0.2, 0.25) is 0 Å². The molecule has 2 atom stereocenters. The molecule has 2 rings (SSSR count). The maximum absolute atomic E-state index is 13.5. The monoisotopic (exact) mass is 293 g/mol. The highest BCUT2D eigenvalue weighted by molar-refractivity contribution is 5.22. The fraction of sp³-hybridized carbons (Fsp3) is 0.647. The van der Waals surface area contributed by atoms with E-state index in [2.05, 4.69) is 23.6 Å². The van der Waals surface area contributed by atoms with Gasteiger partial charge in [0, 0.05) is 44.8 Å². The normalized spacial score (nSPS) is 20.7. The van der Waals surface area contributed by atoms with Gasteiger partial charge in [0.05, 0.1) is 0 Å². The first-order valence-electron chi connectivity index (χ1n) is 7.95. The third-order valence-corrected chi connectivity index (χ3v) is 4.11. The van der Waals surface area contributed by atoms with Gasteiger partial charge in [-0.15, -0.1) is 0 Å². The average molecular weight is 293 g/mol. The Balaban J connectivity index is 2.04. The van der Waals surface area contributed by atoms with E-state index in [4.69, 9.17) is 5.73 Å². The van der Waals surface area contributed by atoms with Crippen LogP contribution in [-0.4, -0.2) is 48.6 Å². The van der Waals surface area contributed by atoms with Gasteiger partial charge in [-0.25, -0.2) is 4.39 Å². The van der Waals surface area contributed by atoms with Gasteiger partial charge in [-0.2, -0.15) is 0 Å². The van der Waals surface area contributed by atoms with Crippen LogP contribution in [0.3, 0.4) is 0 Å². The van der Waals surface area contributed by atoms with Crippen LogP contribution in [0.15, 0.2) is 24.3 Å². The lowest BCUT2D eigenvalue weighted by Crippen LogP contribution is -2.51. The largest absolute Gasteiger partial charge is 0.326 e. The summed E-state index contributed by atoms with van der Waals surface area (Å²) >= 11 is 0. The summed E-state index contributed by atoms with van der Waals surface area (Å²) in [5, 5.41) is 0. The second-order valence-corrected chi connectivity index (χ2v) is 6.59. The maximum Gasteiger partial charge on any atom is 0.123 e. The molecule has 0 bridgehead atoms. The van der Waals surface area contributed by atoms with Crippen LogP contribution in [0, 0.1) is 11.7 Å². The average Bonchev–Trinajstić information content (AvgIpc) is 2.40. The van der Waals surface area contributed by atoms with Crippen molar-refractivity contribution in [3.05, 3.63) is 35.6 Å². The topological polar surface area (TPSA) is 32.5 Å². The molecule has 1 aromatic carbocycles. The SMILES string of the molecule is CC(C)CN1CCN(C(c2cccc(F)c2)C(C)N)CC1. The maximum atomic E-state index is 13.5. The molecule has 0 aromatic heterocycles. The van der Waals surface area contributed by atoms with Crippen molar-refractivity contribution in [3.63, 3.8) is 0 Å². The van der Waals surface area contributed by atoms with E-state index in [1.807, 2.05) is 13.0 Å². The second kappa shape index (κ2) is 7.34. The van der Waals surface area contributed by atoms with Crippen molar-refractivity contribution in [2.45, 2.75) is 32.9 Å². The lowest BCUT2D eigenvalue weighted by molar-refractivity contribution is 0.0804. The number of hydrogen-bond donors (Lipinski definition) is 1. The number of piperazine rings is 1. The molecule has 2 unspecified atom stereocenters. The van der Waals surface area contributed by atoms with Gasteiger partial charge in [0.1, 0.15) is 5.82 Å². The van der Waals surface area contributed by atoms with Gasteiger partial charge in [0.25, 0.3) is 0 Å². The summed E-state index contributed by atoms with van der Waals surface area (Å²) in [6.07, 6.45) is 0. The minimum Gasteiger partial charge on any atom is -0.326 e. The molecule has 1 aliphatic rings. The molecule has 0 radical (unpaired) electrons. The highest BCUT2D eigenvalue weighted by Gasteiger charge is 2.27. The van der Waals surface area contributed by atoms with Crippen LogP contribution < -0.4 is 5.73 Å². The van der Waals surface area contributed by atoms with Crippen LogP contribution in [0.1, 0.15) is 32.4 Å². The Morgan fingerprint density at radius 2 is 1.81 bits per heavy atom. The Kier molecular flexibility index (Phi) is 5.73. The van der Waals surface area contributed by atoms with Gasteiger partial charge in [-0.3, -0.25) is 4.90 Å². The summed E-state index contributed by atoms with van der Waals surface area (Å²) in [4.78, 5) is 4.90. The number of benzene rings is 1. The number of halogens is 1. The van der Waals surface area contributed by atoms with E-state index in [1.54, 1.807) is 12.1 Å². The molecular weight excluding hydrogens is 265 g/mol. The van der Waals surface area contributed by atoms with Crippen molar-refractivity contribution in [1.82, 2.24) is 9.80 Å². The molecule has 4 heteroatoms. The van der Waals surface area contributed by atoms with Gasteiger partial charge in [0.15, 0.2) is 0 Å². The van der Waals surface area contributed by atoms with Gasteiger partial charge in [-0.1, -0.05) is 26.0 Å². The minimum absolute atomic E-state index is 0.0107. The molecular formula is C17H28FN3. The molecule has 1 fully saturated rings. The van der Waals surface area contributed by atoms with Gasteiger partial charge in [-0.05, 0) is 30.5 Å². The molecule has 118 valence electrons. The molecule has 1 aromatic rings. The van der Waals surface area contributed by atoms with E-state index in [9.17, 15) is 4.39 Å². The minimum atomic E-state index is -0.184. The van der Waals surface area contributed by atoms with Crippen molar-refractivity contribution in [2.24, 2.45) is 11.7 Å². The fourth-order valence-electron chi connectivity index (χ4n) is 3.28. The number of hydrogen-bond acceptors (Lipinski definition) is 3. The zero-order chi connectivity index (χ0) is 15.4. The van der Waals surface area contributed by atoms with E-state index in [1.165, 1.54) is 6.07 Å². The fourth-order valence-corrected chi connectivity index (χ4v) is 3.28. The Morgan fingerprint density at radius 1 is 1.14 bits per heavy atom. The first-order chi connectivity index (χ1) is 9.97. The predicted octanol–water partition coefficient (Wildman–Crippen LogP) is 2.49. The lowest BCUT2D eigenvalue weighted by atomic mass is 9.98. The van der Waals surface area contributed by atoms with Crippen molar-refractivity contribution < 1.29 is 4.39 Å². The number of rotatable bonds is 5. The lowest BCUT2D eigenvalue weighted by Gasteiger charge is -2.41. The molecule has 2 N–H and O–H groups in total. The zero-order valence-corrected chi connectivity index (χ0v) is 13.4. The highest BCUT2D eigenvalue weighted by atomic mass is 19.1. The van der Waals surface area contributed by atoms with Crippen molar-refractivity contribution in [1.29, 1.82) is 0 Å². The molecule has 1 saturated heterocycles. The van der Waals surface area contributed by atoms with Crippen LogP contribution in [0.25, 0.3) is 0 Å². The third kappa shape index (κ3) is 4.50. The van der Waals surface area contributed by atoms with Crippen LogP contribution in [-0.2, 0) is 0 Å². The van der Waals surface area contributed by atoms with E-state index < -0.39 is 0 Å². The van der Waals surface area contributed by atoms with Gasteiger partial charge < -0.3 is 10.6 Å². The summed E-state index contributed by atoms with van der Waals surface area (Å²) < 4.78 is 13.5. The molecule has 21 heavy (non-hydrogen) atoms. The zero-order valence-electron chi connectivity index (χ0n) is 13.4. The van der Waals surface area contributed by atoms with E-state index in [0.717, 1.165) is 38.3 Å². The van der Waals surface area contributed by atoms with Crippen molar-refractivity contribution in [2.75, 3.05) is 32.7 Å². The number of nitrogens with two attached hydrogens (primary N) is 1. The summed E-state index contributed by atoms with van der Waals surface area (Å²) in [5.74, 6) is 0.514. The summed E-state index contributed by atoms with van der Waals surface area (Å²) in [6, 6.07) is 6.95.